The van der Waals surface area contributed by atoms with Crippen molar-refractivity contribution in [2.75, 3.05) is 27.9 Å². The van der Waals surface area contributed by atoms with Gasteiger partial charge in [-0.15, -0.1) is 0 Å². The first-order valence-electron chi connectivity index (χ1n) is 6.27. The van der Waals surface area contributed by atoms with Gasteiger partial charge in [0.15, 0.2) is 11.5 Å². The minimum absolute atomic E-state index is 0.0936. The van der Waals surface area contributed by atoms with Crippen LogP contribution < -0.4 is 14.8 Å². The smallest absolute Gasteiger partial charge is 0.335 e. The fourth-order valence-corrected chi connectivity index (χ4v) is 1.68. The Hall–Kier alpha value is -2.50. The highest BCUT2D eigenvalue weighted by Crippen LogP contribution is 2.28. The van der Waals surface area contributed by atoms with Gasteiger partial charge in [0.05, 0.1) is 26.9 Å². The SMILES string of the molecule is COC(=O)/C(=C/c1ccc(OC)c(OC)c1)CNC(C)=O. The van der Waals surface area contributed by atoms with Crippen molar-refractivity contribution in [2.45, 2.75) is 6.92 Å². The standard InChI is InChI=1S/C15H19NO5/c1-10(17)16-9-12(15(18)21-4)7-11-5-6-13(19-2)14(8-11)20-3/h5-8H,9H2,1-4H3,(H,16,17)/b12-7+. The first kappa shape index (κ1) is 16.6. The zero-order valence-electron chi connectivity index (χ0n) is 12.6. The molecular formula is C15H19NO5. The van der Waals surface area contributed by atoms with E-state index in [0.29, 0.717) is 17.1 Å². The fraction of sp³-hybridized carbons (Fsp3) is 0.333. The van der Waals surface area contributed by atoms with E-state index in [1.54, 1.807) is 31.4 Å². The summed E-state index contributed by atoms with van der Waals surface area (Å²) in [6.07, 6.45) is 1.63. The summed E-state index contributed by atoms with van der Waals surface area (Å²) in [6.45, 7) is 1.47. The van der Waals surface area contributed by atoms with Crippen LogP contribution in [0.25, 0.3) is 6.08 Å². The van der Waals surface area contributed by atoms with E-state index >= 15 is 0 Å². The van der Waals surface area contributed by atoms with Crippen LogP contribution in [0.3, 0.4) is 0 Å². The highest BCUT2D eigenvalue weighted by atomic mass is 16.5. The van der Waals surface area contributed by atoms with E-state index in [9.17, 15) is 9.59 Å². The predicted octanol–water partition coefficient (Wildman–Crippen LogP) is 1.40. The molecule has 1 rings (SSSR count). The molecule has 0 aliphatic heterocycles. The molecule has 0 aromatic heterocycles. The molecule has 0 aliphatic rings. The van der Waals surface area contributed by atoms with Crippen molar-refractivity contribution < 1.29 is 23.8 Å². The van der Waals surface area contributed by atoms with Crippen molar-refractivity contribution in [2.24, 2.45) is 0 Å². The number of methoxy groups -OCH3 is 3. The Morgan fingerprint density at radius 2 is 1.81 bits per heavy atom. The van der Waals surface area contributed by atoms with Gasteiger partial charge < -0.3 is 19.5 Å². The normalized spacial score (nSPS) is 10.8. The van der Waals surface area contributed by atoms with E-state index in [0.717, 1.165) is 5.56 Å². The van der Waals surface area contributed by atoms with Crippen molar-refractivity contribution in [3.05, 3.63) is 29.3 Å². The average molecular weight is 293 g/mol. The summed E-state index contributed by atoms with van der Waals surface area (Å²) in [5.74, 6) is 0.418. The zero-order valence-corrected chi connectivity index (χ0v) is 12.6. The Bertz CT molecular complexity index is 551. The van der Waals surface area contributed by atoms with Gasteiger partial charge in [0.25, 0.3) is 0 Å². The van der Waals surface area contributed by atoms with Crippen LogP contribution in [0.2, 0.25) is 0 Å². The number of carbonyl (C=O) groups is 2. The number of ether oxygens (including phenoxy) is 3. The number of nitrogens with one attached hydrogen (secondary N) is 1. The molecule has 1 aromatic rings. The van der Waals surface area contributed by atoms with Gasteiger partial charge in [-0.2, -0.15) is 0 Å². The van der Waals surface area contributed by atoms with Crippen LogP contribution in [0.4, 0.5) is 0 Å². The Morgan fingerprint density at radius 1 is 1.14 bits per heavy atom. The van der Waals surface area contributed by atoms with Gasteiger partial charge in [0.1, 0.15) is 0 Å². The van der Waals surface area contributed by atoms with Crippen LogP contribution in [0, 0.1) is 0 Å². The maximum absolute atomic E-state index is 11.7. The number of hydrogen-bond acceptors (Lipinski definition) is 5. The third-order valence-electron chi connectivity index (χ3n) is 2.72. The first-order valence-corrected chi connectivity index (χ1v) is 6.27. The van der Waals surface area contributed by atoms with Gasteiger partial charge in [-0.3, -0.25) is 4.79 Å². The Kier molecular flexibility index (Phi) is 6.26. The quantitative estimate of drug-likeness (QED) is 0.634. The molecule has 0 bridgehead atoms. The summed E-state index contributed by atoms with van der Waals surface area (Å²) < 4.78 is 15.1. The Balaban J connectivity index is 3.08. The second-order valence-electron chi connectivity index (χ2n) is 4.19. The number of carbonyl (C=O) groups excluding carboxylic acids is 2. The molecule has 0 unspecified atom stereocenters. The maximum atomic E-state index is 11.7. The Labute approximate surface area is 123 Å². The molecule has 6 heteroatoms. The van der Waals surface area contributed by atoms with Gasteiger partial charge in [-0.05, 0) is 23.8 Å². The lowest BCUT2D eigenvalue weighted by Crippen LogP contribution is -2.25. The zero-order chi connectivity index (χ0) is 15.8. The van der Waals surface area contributed by atoms with E-state index in [2.05, 4.69) is 5.32 Å². The molecule has 0 radical (unpaired) electrons. The molecule has 6 nitrogen and oxygen atoms in total. The monoisotopic (exact) mass is 293 g/mol. The van der Waals surface area contributed by atoms with E-state index < -0.39 is 5.97 Å². The summed E-state index contributed by atoms with van der Waals surface area (Å²) in [7, 11) is 4.37. The average Bonchev–Trinajstić information content (AvgIpc) is 2.50. The molecule has 0 saturated carbocycles. The van der Waals surface area contributed by atoms with E-state index in [-0.39, 0.29) is 12.5 Å². The van der Waals surface area contributed by atoms with Gasteiger partial charge >= 0.3 is 5.97 Å². The molecule has 1 aromatic carbocycles. The molecular weight excluding hydrogens is 274 g/mol. The maximum Gasteiger partial charge on any atom is 0.335 e. The highest BCUT2D eigenvalue weighted by molar-refractivity contribution is 5.94. The minimum atomic E-state index is -0.501. The lowest BCUT2D eigenvalue weighted by Gasteiger charge is -2.09. The summed E-state index contributed by atoms with van der Waals surface area (Å²) >= 11 is 0. The van der Waals surface area contributed by atoms with Crippen LogP contribution in [0.15, 0.2) is 23.8 Å². The lowest BCUT2D eigenvalue weighted by molar-refractivity contribution is -0.136. The van der Waals surface area contributed by atoms with Crippen molar-refractivity contribution in [1.82, 2.24) is 5.32 Å². The van der Waals surface area contributed by atoms with E-state index in [1.165, 1.54) is 21.1 Å². The van der Waals surface area contributed by atoms with Crippen LogP contribution in [-0.2, 0) is 14.3 Å². The number of benzene rings is 1. The number of rotatable bonds is 6. The highest BCUT2D eigenvalue weighted by Gasteiger charge is 2.11. The van der Waals surface area contributed by atoms with E-state index in [1.807, 2.05) is 0 Å². The molecule has 0 saturated heterocycles. The topological polar surface area (TPSA) is 73.9 Å². The Morgan fingerprint density at radius 3 is 2.33 bits per heavy atom. The molecule has 1 amide bonds. The number of hydrogen-bond donors (Lipinski definition) is 1. The minimum Gasteiger partial charge on any atom is -0.493 e. The molecule has 0 atom stereocenters. The second-order valence-corrected chi connectivity index (χ2v) is 4.19. The third-order valence-corrected chi connectivity index (χ3v) is 2.72. The van der Waals surface area contributed by atoms with Crippen LogP contribution in [-0.4, -0.2) is 39.8 Å². The van der Waals surface area contributed by atoms with Crippen molar-refractivity contribution in [1.29, 1.82) is 0 Å². The first-order chi connectivity index (χ1) is 10.0. The molecule has 0 aliphatic carbocycles. The third kappa shape index (κ3) is 4.83. The summed E-state index contributed by atoms with van der Waals surface area (Å²) in [5.41, 5.74) is 1.07. The van der Waals surface area contributed by atoms with Gasteiger partial charge in [0, 0.05) is 13.5 Å². The number of esters is 1. The van der Waals surface area contributed by atoms with Crippen LogP contribution >= 0.6 is 0 Å². The summed E-state index contributed by atoms with van der Waals surface area (Å²) in [5, 5.41) is 2.57. The van der Waals surface area contributed by atoms with Gasteiger partial charge in [-0.1, -0.05) is 6.07 Å². The molecule has 1 N–H and O–H groups in total. The number of amides is 1. The van der Waals surface area contributed by atoms with Crippen molar-refractivity contribution in [3.8, 4) is 11.5 Å². The second kappa shape index (κ2) is 7.94. The predicted molar refractivity (Wildman–Crippen MR) is 78.2 cm³/mol. The molecule has 0 heterocycles. The van der Waals surface area contributed by atoms with Crippen molar-refractivity contribution in [3.63, 3.8) is 0 Å². The molecule has 114 valence electrons. The lowest BCUT2D eigenvalue weighted by atomic mass is 10.1. The fourth-order valence-electron chi connectivity index (χ4n) is 1.68. The van der Waals surface area contributed by atoms with Crippen LogP contribution in [0.5, 0.6) is 11.5 Å². The summed E-state index contributed by atoms with van der Waals surface area (Å²) in [6, 6.07) is 5.24. The molecule has 21 heavy (non-hydrogen) atoms. The molecule has 0 spiro atoms. The van der Waals surface area contributed by atoms with Crippen molar-refractivity contribution >= 4 is 18.0 Å². The van der Waals surface area contributed by atoms with E-state index in [4.69, 9.17) is 14.2 Å². The van der Waals surface area contributed by atoms with Gasteiger partial charge in [0.2, 0.25) is 5.91 Å². The van der Waals surface area contributed by atoms with Crippen LogP contribution in [0.1, 0.15) is 12.5 Å². The van der Waals surface area contributed by atoms with Gasteiger partial charge in [-0.25, -0.2) is 4.79 Å². The molecule has 0 fully saturated rings. The summed E-state index contributed by atoms with van der Waals surface area (Å²) in [4.78, 5) is 22.7. The largest absolute Gasteiger partial charge is 0.493 e.